The van der Waals surface area contributed by atoms with Gasteiger partial charge in [-0.3, -0.25) is 9.69 Å². The third-order valence-corrected chi connectivity index (χ3v) is 4.63. The average molecular weight is 375 g/mol. The summed E-state index contributed by atoms with van der Waals surface area (Å²) in [6.45, 7) is 1.90. The summed E-state index contributed by atoms with van der Waals surface area (Å²) in [6, 6.07) is 8.78. The van der Waals surface area contributed by atoms with E-state index in [1.54, 1.807) is 11.9 Å². The number of carbonyl (C=O) groups is 1. The molecule has 0 aliphatic carbocycles. The van der Waals surface area contributed by atoms with Crippen LogP contribution in [0.1, 0.15) is 18.9 Å². The summed E-state index contributed by atoms with van der Waals surface area (Å²) in [7, 11) is 1.74. The van der Waals surface area contributed by atoms with Gasteiger partial charge in [-0.15, -0.1) is 0 Å². The highest BCUT2D eigenvalue weighted by Gasteiger charge is 2.46. The van der Waals surface area contributed by atoms with Gasteiger partial charge in [0.15, 0.2) is 5.82 Å². The number of halogens is 2. The molecule has 1 aliphatic rings. The minimum Gasteiger partial charge on any atom is -0.349 e. The first kappa shape index (κ1) is 19.2. The maximum atomic E-state index is 14.8. The lowest BCUT2D eigenvalue weighted by molar-refractivity contribution is -0.114. The summed E-state index contributed by atoms with van der Waals surface area (Å²) in [5, 5.41) is 2.51. The molecule has 144 valence electrons. The Morgan fingerprint density at radius 2 is 2.04 bits per heavy atom. The molecule has 1 atom stereocenters. The van der Waals surface area contributed by atoms with Crippen molar-refractivity contribution in [3.63, 3.8) is 0 Å². The van der Waals surface area contributed by atoms with Crippen molar-refractivity contribution in [2.75, 3.05) is 30.4 Å². The number of hydrogen-bond donors (Lipinski definition) is 1. The van der Waals surface area contributed by atoms with Crippen molar-refractivity contribution in [1.82, 2.24) is 14.9 Å². The van der Waals surface area contributed by atoms with Gasteiger partial charge in [0.05, 0.1) is 25.0 Å². The maximum Gasteiger partial charge on any atom is 0.280 e. The van der Waals surface area contributed by atoms with E-state index in [-0.39, 0.29) is 5.91 Å². The number of amides is 1. The number of nitrogens with one attached hydrogen (secondary N) is 1. The van der Waals surface area contributed by atoms with Crippen LogP contribution in [0.25, 0.3) is 0 Å². The first-order valence-corrected chi connectivity index (χ1v) is 8.82. The Kier molecular flexibility index (Phi) is 5.65. The zero-order valence-corrected chi connectivity index (χ0v) is 15.4. The minimum absolute atomic E-state index is 0.258. The van der Waals surface area contributed by atoms with Crippen molar-refractivity contribution in [3.8, 4) is 0 Å². The lowest BCUT2D eigenvalue weighted by Crippen LogP contribution is -2.57. The minimum atomic E-state index is -2.88. The summed E-state index contributed by atoms with van der Waals surface area (Å²) in [5.41, 5.74) is 1.01. The molecular weight excluding hydrogens is 352 g/mol. The molecule has 1 aliphatic heterocycles. The summed E-state index contributed by atoms with van der Waals surface area (Å²) in [6.07, 6.45) is 3.11. The summed E-state index contributed by atoms with van der Waals surface area (Å²) in [4.78, 5) is 22.5. The number of nitrogens with zero attached hydrogens (tertiary/aromatic N) is 4. The zero-order chi connectivity index (χ0) is 19.4. The van der Waals surface area contributed by atoms with E-state index < -0.39 is 18.5 Å². The second-order valence-electron chi connectivity index (χ2n) is 6.83. The molecule has 1 fully saturated rings. The highest BCUT2D eigenvalue weighted by atomic mass is 19.3. The fourth-order valence-electron chi connectivity index (χ4n) is 3.38. The summed E-state index contributed by atoms with van der Waals surface area (Å²) < 4.78 is 29.6. The van der Waals surface area contributed by atoms with Gasteiger partial charge in [0, 0.05) is 20.0 Å². The second-order valence-corrected chi connectivity index (χ2v) is 6.83. The van der Waals surface area contributed by atoms with E-state index in [9.17, 15) is 13.6 Å². The standard InChI is InChI=1S/C19H23F2N5O/c1-14(27)24-17-10-23-18(11-22-17)26-9-8-16(19(20,21)13-26)25(2)12-15-6-4-3-5-7-15/h3-7,10-11,16H,8-9,12-13H2,1-2H3,(H,22,24,27). The van der Waals surface area contributed by atoms with Crippen LogP contribution in [0.5, 0.6) is 0 Å². The number of hydrogen-bond acceptors (Lipinski definition) is 5. The Labute approximate surface area is 157 Å². The van der Waals surface area contributed by atoms with E-state index in [1.807, 2.05) is 30.3 Å². The molecule has 27 heavy (non-hydrogen) atoms. The van der Waals surface area contributed by atoms with Gasteiger partial charge in [0.25, 0.3) is 5.92 Å². The normalized spacial score (nSPS) is 19.1. The number of anilines is 2. The van der Waals surface area contributed by atoms with Gasteiger partial charge in [0.1, 0.15) is 5.82 Å². The quantitative estimate of drug-likeness (QED) is 0.871. The van der Waals surface area contributed by atoms with E-state index in [0.717, 1.165) is 5.56 Å². The van der Waals surface area contributed by atoms with E-state index in [0.29, 0.717) is 31.1 Å². The maximum absolute atomic E-state index is 14.8. The molecule has 3 rings (SSSR count). The molecule has 8 heteroatoms. The molecule has 0 saturated carbocycles. The predicted octanol–water partition coefficient (Wildman–Crippen LogP) is 2.78. The molecule has 0 bridgehead atoms. The Bertz CT molecular complexity index is 769. The largest absolute Gasteiger partial charge is 0.349 e. The molecule has 2 aromatic rings. The first-order valence-electron chi connectivity index (χ1n) is 8.82. The lowest BCUT2D eigenvalue weighted by atomic mass is 9.98. The monoisotopic (exact) mass is 375 g/mol. The van der Waals surface area contributed by atoms with Crippen molar-refractivity contribution >= 4 is 17.5 Å². The van der Waals surface area contributed by atoms with E-state index >= 15 is 0 Å². The Balaban J connectivity index is 1.65. The van der Waals surface area contributed by atoms with Crippen LogP contribution in [-0.4, -0.2) is 52.9 Å². The van der Waals surface area contributed by atoms with Crippen LogP contribution in [0.4, 0.5) is 20.4 Å². The van der Waals surface area contributed by atoms with E-state index in [2.05, 4.69) is 15.3 Å². The van der Waals surface area contributed by atoms with Gasteiger partial charge in [0.2, 0.25) is 5.91 Å². The molecule has 2 heterocycles. The average Bonchev–Trinajstić information content (AvgIpc) is 2.61. The smallest absolute Gasteiger partial charge is 0.280 e. The van der Waals surface area contributed by atoms with Crippen molar-refractivity contribution in [2.45, 2.75) is 31.9 Å². The van der Waals surface area contributed by atoms with Crippen molar-refractivity contribution < 1.29 is 13.6 Å². The summed E-state index contributed by atoms with van der Waals surface area (Å²) >= 11 is 0. The van der Waals surface area contributed by atoms with Crippen LogP contribution >= 0.6 is 0 Å². The van der Waals surface area contributed by atoms with Crippen molar-refractivity contribution in [3.05, 3.63) is 48.3 Å². The molecule has 1 unspecified atom stereocenters. The number of alkyl halides is 2. The van der Waals surface area contributed by atoms with Crippen LogP contribution in [0.3, 0.4) is 0 Å². The van der Waals surface area contributed by atoms with Crippen LogP contribution in [0, 0.1) is 0 Å². The Morgan fingerprint density at radius 3 is 2.63 bits per heavy atom. The highest BCUT2D eigenvalue weighted by molar-refractivity contribution is 5.87. The molecule has 1 N–H and O–H groups in total. The molecule has 1 amide bonds. The molecule has 6 nitrogen and oxygen atoms in total. The fourth-order valence-corrected chi connectivity index (χ4v) is 3.38. The Hall–Kier alpha value is -2.61. The van der Waals surface area contributed by atoms with Crippen molar-refractivity contribution in [2.24, 2.45) is 0 Å². The summed E-state index contributed by atoms with van der Waals surface area (Å²) in [5.74, 6) is -2.45. The number of piperidine rings is 1. The van der Waals surface area contributed by atoms with Gasteiger partial charge < -0.3 is 10.2 Å². The van der Waals surface area contributed by atoms with Gasteiger partial charge in [-0.2, -0.15) is 0 Å². The van der Waals surface area contributed by atoms with Crippen LogP contribution in [0.2, 0.25) is 0 Å². The van der Waals surface area contributed by atoms with Gasteiger partial charge in [-0.1, -0.05) is 30.3 Å². The molecular formula is C19H23F2N5O. The predicted molar refractivity (Wildman–Crippen MR) is 99.8 cm³/mol. The first-order chi connectivity index (χ1) is 12.8. The highest BCUT2D eigenvalue weighted by Crippen LogP contribution is 2.33. The lowest BCUT2D eigenvalue weighted by Gasteiger charge is -2.42. The zero-order valence-electron chi connectivity index (χ0n) is 15.4. The Morgan fingerprint density at radius 1 is 1.30 bits per heavy atom. The SMILES string of the molecule is CC(=O)Nc1cnc(N2CCC(N(C)Cc3ccccc3)C(F)(F)C2)cn1. The number of aromatic nitrogens is 2. The third-order valence-electron chi connectivity index (χ3n) is 4.63. The topological polar surface area (TPSA) is 61.4 Å². The molecule has 1 saturated heterocycles. The molecule has 0 radical (unpaired) electrons. The van der Waals surface area contributed by atoms with Gasteiger partial charge in [-0.05, 0) is 19.0 Å². The van der Waals surface area contributed by atoms with Gasteiger partial charge in [-0.25, -0.2) is 18.7 Å². The number of rotatable bonds is 5. The van der Waals surface area contributed by atoms with E-state index in [1.165, 1.54) is 24.2 Å². The van der Waals surface area contributed by atoms with Crippen LogP contribution in [0.15, 0.2) is 42.7 Å². The third kappa shape index (κ3) is 4.77. The van der Waals surface area contributed by atoms with Gasteiger partial charge >= 0.3 is 0 Å². The molecule has 1 aromatic carbocycles. The molecule has 1 aromatic heterocycles. The van der Waals surface area contributed by atoms with Crippen LogP contribution < -0.4 is 10.2 Å². The number of benzene rings is 1. The van der Waals surface area contributed by atoms with E-state index in [4.69, 9.17) is 0 Å². The number of carbonyl (C=O) groups excluding carboxylic acids is 1. The van der Waals surface area contributed by atoms with Crippen molar-refractivity contribution in [1.29, 1.82) is 0 Å². The second kappa shape index (κ2) is 7.96. The fraction of sp³-hybridized carbons (Fsp3) is 0.421. The van der Waals surface area contributed by atoms with Crippen LogP contribution in [-0.2, 0) is 11.3 Å². The molecule has 0 spiro atoms.